The number of aromatic nitrogens is 3. The topological polar surface area (TPSA) is 109 Å². The van der Waals surface area contributed by atoms with E-state index in [-0.39, 0.29) is 22.8 Å². The summed E-state index contributed by atoms with van der Waals surface area (Å²) < 4.78 is 15.1. The molecule has 0 unspecified atom stereocenters. The molecule has 4 rings (SSSR count). The number of nitrogen functional groups attached to an aromatic ring is 1. The van der Waals surface area contributed by atoms with Crippen molar-refractivity contribution in [1.82, 2.24) is 14.4 Å². The average Bonchev–Trinajstić information content (AvgIpc) is 2.74. The Balaban J connectivity index is 1.93. The number of nitrogens with two attached hydrogens (primary N) is 1. The maximum atomic E-state index is 13.8. The summed E-state index contributed by atoms with van der Waals surface area (Å²) in [4.78, 5) is 20.7. The highest BCUT2D eigenvalue weighted by Crippen LogP contribution is 2.33. The largest absolute Gasteiger partial charge is 0.382 e. The van der Waals surface area contributed by atoms with Gasteiger partial charge >= 0.3 is 0 Å². The third-order valence-corrected chi connectivity index (χ3v) is 4.84. The summed E-state index contributed by atoms with van der Waals surface area (Å²) in [5, 5.41) is 12.5. The molecule has 3 N–H and O–H groups in total. The minimum atomic E-state index is -0.502. The highest BCUT2D eigenvalue weighted by Gasteiger charge is 2.19. The lowest BCUT2D eigenvalue weighted by molar-refractivity contribution is 0.618. The molecule has 0 aliphatic carbocycles. The van der Waals surface area contributed by atoms with Crippen molar-refractivity contribution >= 4 is 17.2 Å². The normalized spacial score (nSPS) is 11.8. The van der Waals surface area contributed by atoms with Gasteiger partial charge in [-0.25, -0.2) is 14.4 Å². The number of anilines is 2. The molecule has 0 aliphatic heterocycles. The highest BCUT2D eigenvalue weighted by atomic mass is 19.1. The van der Waals surface area contributed by atoms with Crippen molar-refractivity contribution in [2.24, 2.45) is 0 Å². The Bertz CT molecular complexity index is 1340. The first-order valence-corrected chi connectivity index (χ1v) is 9.17. The number of rotatable bonds is 4. The first kappa shape index (κ1) is 19.1. The lowest BCUT2D eigenvalue weighted by Crippen LogP contribution is -2.19. The summed E-state index contributed by atoms with van der Waals surface area (Å²) in [7, 11) is 0. The summed E-state index contributed by atoms with van der Waals surface area (Å²) >= 11 is 0. The number of pyridine rings is 2. The zero-order chi connectivity index (χ0) is 21.3. The fourth-order valence-electron chi connectivity index (χ4n) is 3.45. The van der Waals surface area contributed by atoms with Crippen LogP contribution in [0.3, 0.4) is 0 Å². The molecule has 0 radical (unpaired) electrons. The van der Waals surface area contributed by atoms with Crippen molar-refractivity contribution in [1.29, 1.82) is 5.26 Å². The second kappa shape index (κ2) is 7.64. The van der Waals surface area contributed by atoms with Gasteiger partial charge in [0.25, 0.3) is 5.56 Å². The Kier molecular flexibility index (Phi) is 4.86. The van der Waals surface area contributed by atoms with Crippen LogP contribution in [0.5, 0.6) is 0 Å². The van der Waals surface area contributed by atoms with E-state index in [2.05, 4.69) is 15.3 Å². The van der Waals surface area contributed by atoms with Gasteiger partial charge in [0.05, 0.1) is 11.6 Å². The molecule has 0 saturated carbocycles. The quantitative estimate of drug-likeness (QED) is 0.542. The molecule has 30 heavy (non-hydrogen) atoms. The van der Waals surface area contributed by atoms with Crippen LogP contribution in [-0.2, 0) is 0 Å². The molecule has 0 saturated heterocycles. The smallest absolute Gasteiger partial charge is 0.255 e. The van der Waals surface area contributed by atoms with E-state index in [1.165, 1.54) is 29.1 Å². The van der Waals surface area contributed by atoms with E-state index >= 15 is 0 Å². The van der Waals surface area contributed by atoms with Crippen molar-refractivity contribution in [3.05, 3.63) is 88.4 Å². The number of nitrogens with one attached hydrogen (secondary N) is 1. The number of halogens is 1. The summed E-state index contributed by atoms with van der Waals surface area (Å²) in [6.07, 6.45) is 2.44. The number of hydrogen-bond acceptors (Lipinski definition) is 6. The van der Waals surface area contributed by atoms with Crippen molar-refractivity contribution in [2.75, 3.05) is 11.1 Å². The zero-order valence-electron chi connectivity index (χ0n) is 16.0. The van der Waals surface area contributed by atoms with Gasteiger partial charge in [0.1, 0.15) is 35.4 Å². The van der Waals surface area contributed by atoms with Crippen LogP contribution in [0.1, 0.15) is 24.1 Å². The van der Waals surface area contributed by atoms with Crippen LogP contribution in [0, 0.1) is 17.1 Å². The van der Waals surface area contributed by atoms with Crippen LogP contribution >= 0.6 is 0 Å². The van der Waals surface area contributed by atoms with E-state index in [0.29, 0.717) is 11.1 Å². The van der Waals surface area contributed by atoms with Gasteiger partial charge in [0, 0.05) is 17.8 Å². The zero-order valence-corrected chi connectivity index (χ0v) is 16.0. The monoisotopic (exact) mass is 400 g/mol. The standard InChI is InChI=1S/C22H17FN6O/c1-13(28-22-17(10-24)21(25)26-12-27-22)16-9-19(30)29-11-15(23)7-8-18(29)20(16)14-5-3-2-4-6-14/h2-9,11-13H,1H3,(H3,25,26,27,28)/t13-/m1/s1. The number of fused-ring (bicyclic) bond motifs is 1. The third-order valence-electron chi connectivity index (χ3n) is 4.84. The fraction of sp³-hybridized carbons (Fsp3) is 0.0909. The van der Waals surface area contributed by atoms with Crippen molar-refractivity contribution in [3.8, 4) is 17.2 Å². The van der Waals surface area contributed by atoms with Gasteiger partial charge in [-0.2, -0.15) is 5.26 Å². The lowest BCUT2D eigenvalue weighted by atomic mass is 9.95. The third kappa shape index (κ3) is 3.33. The maximum absolute atomic E-state index is 13.8. The predicted molar refractivity (Wildman–Crippen MR) is 112 cm³/mol. The fourth-order valence-corrected chi connectivity index (χ4v) is 3.45. The predicted octanol–water partition coefficient (Wildman–Crippen LogP) is 3.52. The van der Waals surface area contributed by atoms with Crippen LogP contribution in [0.2, 0.25) is 0 Å². The van der Waals surface area contributed by atoms with Crippen LogP contribution < -0.4 is 16.6 Å². The molecule has 3 aromatic heterocycles. The molecule has 8 heteroatoms. The van der Waals surface area contributed by atoms with Gasteiger partial charge in [-0.05, 0) is 30.2 Å². The summed E-state index contributed by atoms with van der Waals surface area (Å²) in [6, 6.07) is 15.5. The lowest BCUT2D eigenvalue weighted by Gasteiger charge is -2.21. The molecule has 0 spiro atoms. The number of hydrogen-bond donors (Lipinski definition) is 2. The van der Waals surface area contributed by atoms with Crippen LogP contribution in [-0.4, -0.2) is 14.4 Å². The van der Waals surface area contributed by atoms with E-state index in [1.54, 1.807) is 6.07 Å². The highest BCUT2D eigenvalue weighted by molar-refractivity contribution is 5.83. The summed E-state index contributed by atoms with van der Waals surface area (Å²) in [6.45, 7) is 1.85. The van der Waals surface area contributed by atoms with E-state index in [1.807, 2.05) is 43.3 Å². The summed E-state index contributed by atoms with van der Waals surface area (Å²) in [5.41, 5.74) is 8.43. The first-order valence-electron chi connectivity index (χ1n) is 9.17. The second-order valence-electron chi connectivity index (χ2n) is 6.74. The van der Waals surface area contributed by atoms with E-state index in [0.717, 1.165) is 11.1 Å². The van der Waals surface area contributed by atoms with Crippen molar-refractivity contribution in [2.45, 2.75) is 13.0 Å². The molecule has 1 atom stereocenters. The van der Waals surface area contributed by atoms with Crippen molar-refractivity contribution in [3.63, 3.8) is 0 Å². The minimum absolute atomic E-state index is 0.0690. The van der Waals surface area contributed by atoms with Gasteiger partial charge in [0.15, 0.2) is 0 Å². The second-order valence-corrected chi connectivity index (χ2v) is 6.74. The van der Waals surface area contributed by atoms with E-state index < -0.39 is 11.9 Å². The summed E-state index contributed by atoms with van der Waals surface area (Å²) in [5.74, 6) is -0.159. The number of nitrogens with zero attached hydrogens (tertiary/aromatic N) is 4. The van der Waals surface area contributed by atoms with Gasteiger partial charge in [-0.3, -0.25) is 9.20 Å². The average molecular weight is 400 g/mol. The Morgan fingerprint density at radius 1 is 1.20 bits per heavy atom. The van der Waals surface area contributed by atoms with Crippen LogP contribution in [0.15, 0.2) is 65.8 Å². The Morgan fingerprint density at radius 2 is 1.97 bits per heavy atom. The Hall–Kier alpha value is -4.25. The van der Waals surface area contributed by atoms with Gasteiger partial charge in [-0.15, -0.1) is 0 Å². The number of benzene rings is 1. The van der Waals surface area contributed by atoms with E-state index in [4.69, 9.17) is 5.73 Å². The maximum Gasteiger partial charge on any atom is 0.255 e. The first-order chi connectivity index (χ1) is 14.5. The van der Waals surface area contributed by atoms with Gasteiger partial charge in [-0.1, -0.05) is 30.3 Å². The molecule has 0 fully saturated rings. The molecule has 0 aliphatic rings. The molecule has 148 valence electrons. The minimum Gasteiger partial charge on any atom is -0.382 e. The van der Waals surface area contributed by atoms with Gasteiger partial charge in [0.2, 0.25) is 0 Å². The van der Waals surface area contributed by atoms with Crippen LogP contribution in [0.4, 0.5) is 16.0 Å². The van der Waals surface area contributed by atoms with Crippen molar-refractivity contribution < 1.29 is 4.39 Å². The molecular formula is C22H17FN6O. The Labute approximate surface area is 171 Å². The molecule has 0 bridgehead atoms. The van der Waals surface area contributed by atoms with E-state index in [9.17, 15) is 14.4 Å². The van der Waals surface area contributed by atoms with Gasteiger partial charge < -0.3 is 11.1 Å². The molecule has 0 amide bonds. The number of nitriles is 1. The SMILES string of the molecule is C[C@@H](Nc1ncnc(N)c1C#N)c1cc(=O)n2cc(F)ccc2c1-c1ccccc1. The molecular weight excluding hydrogens is 383 g/mol. The molecule has 1 aromatic carbocycles. The van der Waals surface area contributed by atoms with Crippen LogP contribution in [0.25, 0.3) is 16.6 Å². The molecule has 7 nitrogen and oxygen atoms in total. The molecule has 3 heterocycles. The Morgan fingerprint density at radius 3 is 2.70 bits per heavy atom. The molecule has 4 aromatic rings.